The Balaban J connectivity index is 2.80. The Kier molecular flexibility index (Phi) is 4.16. The lowest BCUT2D eigenvalue weighted by Gasteiger charge is -2.10. The van der Waals surface area contributed by atoms with Crippen molar-refractivity contribution in [1.29, 1.82) is 5.26 Å². The lowest BCUT2D eigenvalue weighted by Crippen LogP contribution is -2.15. The number of carbonyl (C=O) groups excluding carboxylic acids is 1. The van der Waals surface area contributed by atoms with Gasteiger partial charge in [0.05, 0.1) is 31.5 Å². The van der Waals surface area contributed by atoms with Crippen molar-refractivity contribution in [2.75, 3.05) is 26.1 Å². The third kappa shape index (κ3) is 2.89. The molecule has 16 heavy (non-hydrogen) atoms. The first-order chi connectivity index (χ1) is 7.71. The Morgan fingerprint density at radius 3 is 2.81 bits per heavy atom. The van der Waals surface area contributed by atoms with Gasteiger partial charge in [-0.2, -0.15) is 5.26 Å². The van der Waals surface area contributed by atoms with E-state index in [9.17, 15) is 4.79 Å². The van der Waals surface area contributed by atoms with Crippen LogP contribution >= 0.6 is 0 Å². The Labute approximate surface area is 93.6 Å². The van der Waals surface area contributed by atoms with E-state index >= 15 is 0 Å². The van der Waals surface area contributed by atoms with Crippen LogP contribution in [0.4, 0.5) is 5.69 Å². The van der Waals surface area contributed by atoms with Crippen LogP contribution in [0.5, 0.6) is 5.75 Å². The Morgan fingerprint density at radius 1 is 1.50 bits per heavy atom. The lowest BCUT2D eigenvalue weighted by molar-refractivity contribution is -0.138. The van der Waals surface area contributed by atoms with Crippen LogP contribution in [0.1, 0.15) is 5.56 Å². The second kappa shape index (κ2) is 5.61. The van der Waals surface area contributed by atoms with E-state index in [0.29, 0.717) is 17.0 Å². The number of methoxy groups -OCH3 is 2. The highest BCUT2D eigenvalue weighted by Gasteiger charge is 2.06. The second-order valence-corrected chi connectivity index (χ2v) is 2.96. The summed E-state index contributed by atoms with van der Waals surface area (Å²) < 4.78 is 9.58. The Bertz CT molecular complexity index is 424. The Morgan fingerprint density at radius 2 is 2.25 bits per heavy atom. The van der Waals surface area contributed by atoms with Gasteiger partial charge in [-0.1, -0.05) is 0 Å². The summed E-state index contributed by atoms with van der Waals surface area (Å²) in [7, 11) is 2.82. The highest BCUT2D eigenvalue weighted by Crippen LogP contribution is 2.24. The van der Waals surface area contributed by atoms with E-state index in [-0.39, 0.29) is 12.5 Å². The first kappa shape index (κ1) is 11.9. The number of nitrogens with zero attached hydrogens (tertiary/aromatic N) is 1. The van der Waals surface area contributed by atoms with E-state index in [1.54, 1.807) is 18.2 Å². The van der Waals surface area contributed by atoms with Crippen LogP contribution < -0.4 is 10.1 Å². The van der Waals surface area contributed by atoms with Crippen molar-refractivity contribution in [2.45, 2.75) is 0 Å². The van der Waals surface area contributed by atoms with E-state index in [0.717, 1.165) is 0 Å². The fourth-order valence-corrected chi connectivity index (χ4v) is 1.15. The minimum Gasteiger partial charge on any atom is -0.495 e. The van der Waals surface area contributed by atoms with Crippen LogP contribution in [0.15, 0.2) is 18.2 Å². The van der Waals surface area contributed by atoms with E-state index < -0.39 is 0 Å². The monoisotopic (exact) mass is 220 g/mol. The summed E-state index contributed by atoms with van der Waals surface area (Å²) in [5.41, 5.74) is 1.15. The van der Waals surface area contributed by atoms with Crippen molar-refractivity contribution < 1.29 is 14.3 Å². The van der Waals surface area contributed by atoms with Gasteiger partial charge in [-0.05, 0) is 12.1 Å². The standard InChI is InChI=1S/C11H12N2O3/c1-15-10-5-8(6-12)3-4-9(10)13-7-11(14)16-2/h3-5,13H,7H2,1-2H3. The van der Waals surface area contributed by atoms with Gasteiger partial charge in [0.1, 0.15) is 12.3 Å². The first-order valence-corrected chi connectivity index (χ1v) is 4.60. The predicted octanol–water partition coefficient (Wildman–Crippen LogP) is 1.15. The van der Waals surface area contributed by atoms with E-state index in [1.165, 1.54) is 14.2 Å². The number of nitriles is 1. The Hall–Kier alpha value is -2.22. The zero-order valence-electron chi connectivity index (χ0n) is 9.11. The number of hydrogen-bond acceptors (Lipinski definition) is 5. The lowest BCUT2D eigenvalue weighted by atomic mass is 10.2. The quantitative estimate of drug-likeness (QED) is 0.771. The molecule has 0 atom stereocenters. The summed E-state index contributed by atoms with van der Waals surface area (Å²) in [6.07, 6.45) is 0. The van der Waals surface area contributed by atoms with Crippen molar-refractivity contribution >= 4 is 11.7 Å². The van der Waals surface area contributed by atoms with Gasteiger partial charge < -0.3 is 14.8 Å². The van der Waals surface area contributed by atoms with Gasteiger partial charge in [0.25, 0.3) is 0 Å². The van der Waals surface area contributed by atoms with Gasteiger partial charge in [-0.3, -0.25) is 4.79 Å². The van der Waals surface area contributed by atoms with Crippen LogP contribution in [0.3, 0.4) is 0 Å². The second-order valence-electron chi connectivity index (χ2n) is 2.96. The molecule has 0 unspecified atom stereocenters. The minimum absolute atomic E-state index is 0.0543. The van der Waals surface area contributed by atoms with Crippen molar-refractivity contribution in [3.05, 3.63) is 23.8 Å². The summed E-state index contributed by atoms with van der Waals surface area (Å²) >= 11 is 0. The van der Waals surface area contributed by atoms with Gasteiger partial charge in [0.15, 0.2) is 0 Å². The molecular formula is C11H12N2O3. The maximum Gasteiger partial charge on any atom is 0.325 e. The number of ether oxygens (including phenoxy) is 2. The number of carbonyl (C=O) groups is 1. The smallest absolute Gasteiger partial charge is 0.325 e. The third-order valence-corrected chi connectivity index (χ3v) is 1.98. The molecule has 0 amide bonds. The van der Waals surface area contributed by atoms with Crippen LogP contribution in [0.2, 0.25) is 0 Å². The summed E-state index contributed by atoms with van der Waals surface area (Å²) in [4.78, 5) is 10.9. The van der Waals surface area contributed by atoms with E-state index in [2.05, 4.69) is 10.1 Å². The summed E-state index contributed by atoms with van der Waals surface area (Å²) in [6.45, 7) is 0.0543. The molecule has 1 N–H and O–H groups in total. The molecule has 0 aromatic heterocycles. The molecule has 84 valence electrons. The average Bonchev–Trinajstić information content (AvgIpc) is 2.35. The molecule has 0 spiro atoms. The molecule has 0 aliphatic carbocycles. The number of benzene rings is 1. The zero-order chi connectivity index (χ0) is 12.0. The zero-order valence-corrected chi connectivity index (χ0v) is 9.11. The van der Waals surface area contributed by atoms with Crippen LogP contribution in [-0.4, -0.2) is 26.7 Å². The van der Waals surface area contributed by atoms with Crippen molar-refractivity contribution in [3.8, 4) is 11.8 Å². The van der Waals surface area contributed by atoms with Crippen molar-refractivity contribution in [3.63, 3.8) is 0 Å². The molecule has 0 aliphatic heterocycles. The molecule has 0 saturated carbocycles. The van der Waals surface area contributed by atoms with Gasteiger partial charge in [-0.25, -0.2) is 0 Å². The first-order valence-electron chi connectivity index (χ1n) is 4.60. The third-order valence-electron chi connectivity index (χ3n) is 1.98. The van der Waals surface area contributed by atoms with Gasteiger partial charge in [-0.15, -0.1) is 0 Å². The molecule has 1 aromatic carbocycles. The number of hydrogen-bond donors (Lipinski definition) is 1. The molecular weight excluding hydrogens is 208 g/mol. The number of esters is 1. The van der Waals surface area contributed by atoms with Crippen LogP contribution in [-0.2, 0) is 9.53 Å². The molecule has 0 heterocycles. The number of rotatable bonds is 4. The molecule has 0 radical (unpaired) electrons. The average molecular weight is 220 g/mol. The molecule has 0 bridgehead atoms. The molecule has 5 nitrogen and oxygen atoms in total. The van der Waals surface area contributed by atoms with E-state index in [4.69, 9.17) is 10.00 Å². The van der Waals surface area contributed by atoms with Gasteiger partial charge in [0.2, 0.25) is 0 Å². The topological polar surface area (TPSA) is 71.3 Å². The molecule has 0 aliphatic rings. The van der Waals surface area contributed by atoms with Crippen LogP contribution in [0, 0.1) is 11.3 Å². The molecule has 1 aromatic rings. The molecule has 1 rings (SSSR count). The fourth-order valence-electron chi connectivity index (χ4n) is 1.15. The number of anilines is 1. The van der Waals surface area contributed by atoms with Gasteiger partial charge in [0, 0.05) is 6.07 Å². The van der Waals surface area contributed by atoms with E-state index in [1.807, 2.05) is 6.07 Å². The van der Waals surface area contributed by atoms with Crippen LogP contribution in [0.25, 0.3) is 0 Å². The molecule has 5 heteroatoms. The highest BCUT2D eigenvalue weighted by molar-refractivity contribution is 5.76. The predicted molar refractivity (Wildman–Crippen MR) is 58.2 cm³/mol. The summed E-state index contributed by atoms with van der Waals surface area (Å²) in [6, 6.07) is 6.92. The highest BCUT2D eigenvalue weighted by atomic mass is 16.5. The van der Waals surface area contributed by atoms with Gasteiger partial charge >= 0.3 is 5.97 Å². The SMILES string of the molecule is COC(=O)CNc1ccc(C#N)cc1OC. The minimum atomic E-state index is -0.369. The summed E-state index contributed by atoms with van der Waals surface area (Å²) in [5.74, 6) is 0.148. The largest absolute Gasteiger partial charge is 0.495 e. The molecule has 0 fully saturated rings. The maximum atomic E-state index is 10.9. The number of nitrogens with one attached hydrogen (secondary N) is 1. The van der Waals surface area contributed by atoms with Crippen molar-refractivity contribution in [1.82, 2.24) is 0 Å². The normalized spacial score (nSPS) is 9.06. The maximum absolute atomic E-state index is 10.9. The summed E-state index contributed by atoms with van der Waals surface area (Å²) in [5, 5.41) is 11.6. The molecule has 0 saturated heterocycles. The fraction of sp³-hybridized carbons (Fsp3) is 0.273. The van der Waals surface area contributed by atoms with Crippen molar-refractivity contribution in [2.24, 2.45) is 0 Å².